The Labute approximate surface area is 98.2 Å². The molecule has 0 amide bonds. The molecule has 1 aromatic rings. The van der Waals surface area contributed by atoms with E-state index in [2.05, 4.69) is 0 Å². The van der Waals surface area contributed by atoms with Gasteiger partial charge in [-0.1, -0.05) is 6.07 Å². The first kappa shape index (κ1) is 12.9. The first-order chi connectivity index (χ1) is 8.11. The Morgan fingerprint density at radius 3 is 2.82 bits per heavy atom. The Hall–Kier alpha value is -2.16. The van der Waals surface area contributed by atoms with Crippen molar-refractivity contribution >= 4 is 11.4 Å². The zero-order valence-corrected chi connectivity index (χ0v) is 9.39. The molecule has 0 aliphatic rings. The molecule has 1 rings (SSSR count). The fourth-order valence-corrected chi connectivity index (χ4v) is 1.57. The van der Waals surface area contributed by atoms with Crippen LogP contribution in [0.3, 0.4) is 0 Å². The maximum Gasteiger partial charge on any atom is 0.327 e. The normalized spacial score (nSPS) is 9.71. The number of benzene rings is 1. The molecule has 0 bridgehead atoms. The molecule has 0 saturated heterocycles. The molecular weight excluding hydrogens is 225 g/mol. The topological polar surface area (TPSA) is 70.2 Å². The Bertz CT molecular complexity index is 457. The molecule has 0 aliphatic carbocycles. The Morgan fingerprint density at radius 1 is 1.59 bits per heavy atom. The number of nitriles is 1. The number of hydrogen-bond donors (Lipinski definition) is 0. The second kappa shape index (κ2) is 5.80. The zero-order valence-electron chi connectivity index (χ0n) is 9.39. The van der Waals surface area contributed by atoms with Crippen molar-refractivity contribution in [3.05, 3.63) is 34.1 Å². The number of nitro groups is 1. The van der Waals surface area contributed by atoms with Crippen molar-refractivity contribution in [2.45, 2.75) is 13.3 Å². The molecule has 0 spiro atoms. The second-order valence-electron chi connectivity index (χ2n) is 3.35. The number of hydrogen-bond acceptors (Lipinski definition) is 4. The monoisotopic (exact) mass is 237 g/mol. The smallest absolute Gasteiger partial charge is 0.327 e. The molecule has 0 aromatic heterocycles. The van der Waals surface area contributed by atoms with Crippen molar-refractivity contribution in [2.24, 2.45) is 0 Å². The van der Waals surface area contributed by atoms with Gasteiger partial charge < -0.3 is 4.90 Å². The van der Waals surface area contributed by atoms with Crippen LogP contribution in [0, 0.1) is 27.3 Å². The van der Waals surface area contributed by atoms with Crippen molar-refractivity contribution in [3.8, 4) is 6.07 Å². The van der Waals surface area contributed by atoms with E-state index in [-0.39, 0.29) is 12.1 Å². The lowest BCUT2D eigenvalue weighted by molar-refractivity contribution is -0.386. The summed E-state index contributed by atoms with van der Waals surface area (Å²) in [5, 5.41) is 19.3. The largest absolute Gasteiger partial charge is 0.365 e. The summed E-state index contributed by atoms with van der Waals surface area (Å²) in [6.45, 7) is 2.62. The number of nitro benzene ring substituents is 1. The van der Waals surface area contributed by atoms with Crippen LogP contribution >= 0.6 is 0 Å². The van der Waals surface area contributed by atoms with Crippen LogP contribution in [0.2, 0.25) is 0 Å². The quantitative estimate of drug-likeness (QED) is 0.582. The molecule has 0 radical (unpaired) electrons. The summed E-state index contributed by atoms with van der Waals surface area (Å²) in [6, 6.07) is 5.93. The van der Waals surface area contributed by atoms with Crippen LogP contribution in [0.5, 0.6) is 0 Å². The van der Waals surface area contributed by atoms with Gasteiger partial charge in [-0.05, 0) is 19.1 Å². The summed E-state index contributed by atoms with van der Waals surface area (Å²) in [5.74, 6) is -0.858. The Morgan fingerprint density at radius 2 is 2.29 bits per heavy atom. The Balaban J connectivity index is 3.15. The molecule has 5 nitrogen and oxygen atoms in total. The number of para-hydroxylation sites is 1. The lowest BCUT2D eigenvalue weighted by atomic mass is 10.2. The van der Waals surface area contributed by atoms with Gasteiger partial charge in [0.25, 0.3) is 0 Å². The predicted molar refractivity (Wildman–Crippen MR) is 61.2 cm³/mol. The third-order valence-electron chi connectivity index (χ3n) is 2.36. The third kappa shape index (κ3) is 2.91. The maximum atomic E-state index is 13.4. The lowest BCUT2D eigenvalue weighted by Crippen LogP contribution is -2.24. The molecular formula is C11H12FN3O2. The van der Waals surface area contributed by atoms with Crippen LogP contribution in [-0.2, 0) is 0 Å². The molecule has 0 aliphatic heterocycles. The lowest BCUT2D eigenvalue weighted by Gasteiger charge is -2.21. The first-order valence-electron chi connectivity index (χ1n) is 5.16. The molecule has 6 heteroatoms. The van der Waals surface area contributed by atoms with Gasteiger partial charge in [0.15, 0.2) is 0 Å². The van der Waals surface area contributed by atoms with Gasteiger partial charge in [0.1, 0.15) is 5.69 Å². The summed E-state index contributed by atoms with van der Waals surface area (Å²) in [5.41, 5.74) is -0.319. The van der Waals surface area contributed by atoms with Gasteiger partial charge in [-0.15, -0.1) is 0 Å². The van der Waals surface area contributed by atoms with Crippen LogP contribution in [0.4, 0.5) is 15.8 Å². The molecule has 0 fully saturated rings. The molecule has 0 atom stereocenters. The maximum absolute atomic E-state index is 13.4. The van der Waals surface area contributed by atoms with E-state index < -0.39 is 16.4 Å². The fraction of sp³-hybridized carbons (Fsp3) is 0.364. The van der Waals surface area contributed by atoms with Gasteiger partial charge in [0.05, 0.1) is 17.4 Å². The van der Waals surface area contributed by atoms with E-state index >= 15 is 0 Å². The number of anilines is 1. The summed E-state index contributed by atoms with van der Waals surface area (Å²) < 4.78 is 13.4. The van der Waals surface area contributed by atoms with Gasteiger partial charge in [0, 0.05) is 13.1 Å². The highest BCUT2D eigenvalue weighted by Crippen LogP contribution is 2.30. The molecule has 17 heavy (non-hydrogen) atoms. The van der Waals surface area contributed by atoms with E-state index in [9.17, 15) is 14.5 Å². The van der Waals surface area contributed by atoms with Crippen molar-refractivity contribution in [3.63, 3.8) is 0 Å². The number of rotatable bonds is 5. The van der Waals surface area contributed by atoms with Crippen LogP contribution in [0.1, 0.15) is 13.3 Å². The van der Waals surface area contributed by atoms with Crippen LogP contribution in [0.25, 0.3) is 0 Å². The molecule has 0 unspecified atom stereocenters. The minimum Gasteiger partial charge on any atom is -0.365 e. The minimum atomic E-state index is -0.858. The third-order valence-corrected chi connectivity index (χ3v) is 2.36. The van der Waals surface area contributed by atoms with Gasteiger partial charge in [-0.25, -0.2) is 0 Å². The molecule has 1 aromatic carbocycles. The van der Waals surface area contributed by atoms with Crippen molar-refractivity contribution in [2.75, 3.05) is 18.0 Å². The van der Waals surface area contributed by atoms with Crippen molar-refractivity contribution in [1.29, 1.82) is 5.26 Å². The van der Waals surface area contributed by atoms with Gasteiger partial charge >= 0.3 is 5.69 Å². The predicted octanol–water partition coefficient (Wildman–Crippen LogP) is 2.47. The standard InChI is InChI=1S/C11H12FN3O2/c1-2-14(8-4-7-13)10-6-3-5-9(12)11(10)15(16)17/h3,5-6H,2,4,8H2,1H3. The SMILES string of the molecule is CCN(CCC#N)c1cccc(F)c1[N+](=O)[O-]. The highest BCUT2D eigenvalue weighted by molar-refractivity contribution is 5.63. The van der Waals surface area contributed by atoms with Gasteiger partial charge in [0.2, 0.25) is 5.82 Å². The van der Waals surface area contributed by atoms with Crippen molar-refractivity contribution in [1.82, 2.24) is 0 Å². The van der Waals surface area contributed by atoms with E-state index in [1.807, 2.05) is 6.07 Å². The van der Waals surface area contributed by atoms with E-state index in [0.717, 1.165) is 6.07 Å². The van der Waals surface area contributed by atoms with E-state index in [1.165, 1.54) is 12.1 Å². The van der Waals surface area contributed by atoms with Gasteiger partial charge in [-0.2, -0.15) is 9.65 Å². The summed E-state index contributed by atoms with van der Waals surface area (Å²) in [6.07, 6.45) is 0.238. The Kier molecular flexibility index (Phi) is 4.40. The summed E-state index contributed by atoms with van der Waals surface area (Å²) in [4.78, 5) is 11.7. The molecule has 90 valence electrons. The van der Waals surface area contributed by atoms with Gasteiger partial charge in [-0.3, -0.25) is 10.1 Å². The second-order valence-corrected chi connectivity index (χ2v) is 3.35. The summed E-state index contributed by atoms with van der Waals surface area (Å²) >= 11 is 0. The van der Waals surface area contributed by atoms with Crippen molar-refractivity contribution < 1.29 is 9.31 Å². The zero-order chi connectivity index (χ0) is 12.8. The molecule has 0 heterocycles. The minimum absolute atomic E-state index is 0.216. The van der Waals surface area contributed by atoms with Crippen LogP contribution in [0.15, 0.2) is 18.2 Å². The number of nitrogens with zero attached hydrogens (tertiary/aromatic N) is 3. The number of halogens is 1. The molecule has 0 N–H and O–H groups in total. The van der Waals surface area contributed by atoms with E-state index in [1.54, 1.807) is 11.8 Å². The average molecular weight is 237 g/mol. The van der Waals surface area contributed by atoms with E-state index in [4.69, 9.17) is 5.26 Å². The first-order valence-corrected chi connectivity index (χ1v) is 5.16. The highest BCUT2D eigenvalue weighted by atomic mass is 19.1. The summed E-state index contributed by atoms with van der Waals surface area (Å²) in [7, 11) is 0. The fourth-order valence-electron chi connectivity index (χ4n) is 1.57. The highest BCUT2D eigenvalue weighted by Gasteiger charge is 2.23. The van der Waals surface area contributed by atoms with Crippen LogP contribution in [-0.4, -0.2) is 18.0 Å². The average Bonchev–Trinajstić information content (AvgIpc) is 2.29. The van der Waals surface area contributed by atoms with Crippen LogP contribution < -0.4 is 4.90 Å². The van der Waals surface area contributed by atoms with E-state index in [0.29, 0.717) is 13.1 Å². The molecule has 0 saturated carbocycles.